The van der Waals surface area contributed by atoms with Gasteiger partial charge in [-0.25, -0.2) is 0 Å². The molecule has 118 valence electrons. The molecule has 1 amide bonds. The van der Waals surface area contributed by atoms with Crippen LogP contribution in [0.15, 0.2) is 0 Å². The number of hydrogen-bond acceptors (Lipinski definition) is 2. The van der Waals surface area contributed by atoms with Gasteiger partial charge in [0.15, 0.2) is 0 Å². The van der Waals surface area contributed by atoms with Gasteiger partial charge in [0.2, 0.25) is 5.91 Å². The number of ether oxygens (including phenoxy) is 1. The van der Waals surface area contributed by atoms with Crippen molar-refractivity contribution in [3.8, 4) is 0 Å². The molecule has 20 heavy (non-hydrogen) atoms. The summed E-state index contributed by atoms with van der Waals surface area (Å²) in [5.74, 6) is -2.87. The smallest absolute Gasteiger partial charge is 0.381 e. The number of carbonyl (C=O) groups is 1. The average Bonchev–Trinajstić information content (AvgIpc) is 2.41. The van der Waals surface area contributed by atoms with Crippen LogP contribution in [-0.2, 0) is 9.53 Å². The van der Waals surface area contributed by atoms with E-state index in [1.165, 1.54) is 0 Å². The van der Waals surface area contributed by atoms with Crippen molar-refractivity contribution in [2.24, 2.45) is 11.8 Å². The van der Waals surface area contributed by atoms with Gasteiger partial charge in [-0.3, -0.25) is 4.79 Å². The van der Waals surface area contributed by atoms with E-state index >= 15 is 0 Å². The van der Waals surface area contributed by atoms with Crippen LogP contribution in [0, 0.1) is 11.8 Å². The van der Waals surface area contributed by atoms with Crippen molar-refractivity contribution in [3.63, 3.8) is 0 Å². The number of amides is 1. The molecule has 0 saturated heterocycles. The van der Waals surface area contributed by atoms with Crippen LogP contribution in [0.2, 0.25) is 0 Å². The molecule has 1 N–H and O–H groups in total. The minimum atomic E-state index is -4.28. The minimum absolute atomic E-state index is 0.0654. The Hall–Kier alpha value is -0.300. The van der Waals surface area contributed by atoms with Crippen LogP contribution in [0.5, 0.6) is 0 Å². The Morgan fingerprint density at radius 2 is 1.95 bits per heavy atom. The molecule has 0 aromatic carbocycles. The lowest BCUT2D eigenvalue weighted by molar-refractivity contribution is -0.198. The number of rotatable bonds is 7. The molecule has 1 fully saturated rings. The van der Waals surface area contributed by atoms with E-state index in [9.17, 15) is 18.0 Å². The summed E-state index contributed by atoms with van der Waals surface area (Å²) in [5, 5.41) is 3.35. The van der Waals surface area contributed by atoms with Crippen LogP contribution in [0.4, 0.5) is 13.2 Å². The Kier molecular flexibility index (Phi) is 7.87. The fourth-order valence-electron chi connectivity index (χ4n) is 2.51. The van der Waals surface area contributed by atoms with E-state index in [1.54, 1.807) is 0 Å². The number of carbonyl (C=O) groups excluding carboxylic acids is 1. The molecule has 3 nitrogen and oxygen atoms in total. The lowest BCUT2D eigenvalue weighted by Gasteiger charge is -2.32. The lowest BCUT2D eigenvalue weighted by Crippen LogP contribution is -2.42. The highest BCUT2D eigenvalue weighted by molar-refractivity contribution is 9.09. The molecule has 0 spiro atoms. The standard InChI is InChI=1S/C13H21BrF3NO2/c14-6-9-20-8-3-7-18-12(19)10-4-1-2-5-11(10)13(15,16)17/h10-11H,1-9H2,(H,18,19). The van der Waals surface area contributed by atoms with E-state index in [1.807, 2.05) is 0 Å². The van der Waals surface area contributed by atoms with Gasteiger partial charge in [-0.1, -0.05) is 28.8 Å². The van der Waals surface area contributed by atoms with Crippen LogP contribution in [-0.4, -0.2) is 37.2 Å². The lowest BCUT2D eigenvalue weighted by atomic mass is 9.78. The third-order valence-corrected chi connectivity index (χ3v) is 3.83. The molecule has 2 unspecified atom stereocenters. The molecule has 1 aliphatic rings. The maximum atomic E-state index is 12.9. The molecule has 0 aliphatic heterocycles. The number of hydrogen-bond donors (Lipinski definition) is 1. The molecule has 1 aliphatic carbocycles. The van der Waals surface area contributed by atoms with Gasteiger partial charge in [-0.2, -0.15) is 13.2 Å². The summed E-state index contributed by atoms with van der Waals surface area (Å²) in [7, 11) is 0. The highest BCUT2D eigenvalue weighted by atomic mass is 79.9. The van der Waals surface area contributed by atoms with E-state index in [4.69, 9.17) is 4.74 Å². The molecule has 1 rings (SSSR count). The number of nitrogens with one attached hydrogen (secondary N) is 1. The van der Waals surface area contributed by atoms with E-state index in [2.05, 4.69) is 21.2 Å². The van der Waals surface area contributed by atoms with Gasteiger partial charge in [0.25, 0.3) is 0 Å². The molecular formula is C13H21BrF3NO2. The Labute approximate surface area is 125 Å². The second-order valence-electron chi connectivity index (χ2n) is 4.98. The third kappa shape index (κ3) is 5.99. The van der Waals surface area contributed by atoms with E-state index < -0.39 is 23.9 Å². The van der Waals surface area contributed by atoms with Gasteiger partial charge < -0.3 is 10.1 Å². The van der Waals surface area contributed by atoms with E-state index in [0.29, 0.717) is 45.4 Å². The fraction of sp³-hybridized carbons (Fsp3) is 0.923. The first-order chi connectivity index (χ1) is 9.46. The van der Waals surface area contributed by atoms with Crippen molar-refractivity contribution < 1.29 is 22.7 Å². The SMILES string of the molecule is O=C(NCCCOCCBr)C1CCCCC1C(F)(F)F. The summed E-state index contributed by atoms with van der Waals surface area (Å²) >= 11 is 3.22. The normalized spacial score (nSPS) is 23.6. The predicted octanol–water partition coefficient (Wildman–Crippen LogP) is 3.27. The zero-order valence-corrected chi connectivity index (χ0v) is 12.9. The van der Waals surface area contributed by atoms with Gasteiger partial charge >= 0.3 is 6.18 Å². The first-order valence-corrected chi connectivity index (χ1v) is 8.07. The van der Waals surface area contributed by atoms with Crippen molar-refractivity contribution >= 4 is 21.8 Å². The zero-order chi connectivity index (χ0) is 15.0. The maximum Gasteiger partial charge on any atom is 0.392 e. The summed E-state index contributed by atoms with van der Waals surface area (Å²) in [6, 6.07) is 0. The molecule has 1 saturated carbocycles. The molecule has 0 aromatic heterocycles. The Morgan fingerprint density at radius 3 is 2.60 bits per heavy atom. The molecule has 7 heteroatoms. The fourth-order valence-corrected chi connectivity index (χ4v) is 2.74. The molecule has 0 bridgehead atoms. The molecule has 0 heterocycles. The minimum Gasteiger partial charge on any atom is -0.381 e. The van der Waals surface area contributed by atoms with Crippen LogP contribution in [0.3, 0.4) is 0 Å². The summed E-state index contributed by atoms with van der Waals surface area (Å²) in [6.07, 6.45) is -2.02. The van der Waals surface area contributed by atoms with Crippen molar-refractivity contribution in [2.45, 2.75) is 38.3 Å². The maximum absolute atomic E-state index is 12.9. The molecule has 2 atom stereocenters. The van der Waals surface area contributed by atoms with E-state index in [0.717, 1.165) is 5.33 Å². The summed E-state index contributed by atoms with van der Waals surface area (Å²) in [6.45, 7) is 1.45. The van der Waals surface area contributed by atoms with Crippen LogP contribution in [0.25, 0.3) is 0 Å². The monoisotopic (exact) mass is 359 g/mol. The summed E-state index contributed by atoms with van der Waals surface area (Å²) < 4.78 is 43.8. The van der Waals surface area contributed by atoms with Crippen molar-refractivity contribution in [3.05, 3.63) is 0 Å². The van der Waals surface area contributed by atoms with Crippen molar-refractivity contribution in [1.29, 1.82) is 0 Å². The Morgan fingerprint density at radius 1 is 1.25 bits per heavy atom. The highest BCUT2D eigenvalue weighted by Crippen LogP contribution is 2.41. The molecular weight excluding hydrogens is 339 g/mol. The van der Waals surface area contributed by atoms with Crippen LogP contribution < -0.4 is 5.32 Å². The van der Waals surface area contributed by atoms with Gasteiger partial charge in [0, 0.05) is 24.4 Å². The second kappa shape index (κ2) is 8.87. The van der Waals surface area contributed by atoms with Gasteiger partial charge in [0.05, 0.1) is 12.5 Å². The van der Waals surface area contributed by atoms with Crippen molar-refractivity contribution in [2.75, 3.05) is 25.1 Å². The third-order valence-electron chi connectivity index (χ3n) is 3.51. The average molecular weight is 360 g/mol. The quantitative estimate of drug-likeness (QED) is 0.559. The molecule has 0 aromatic rings. The van der Waals surface area contributed by atoms with Crippen molar-refractivity contribution in [1.82, 2.24) is 5.32 Å². The zero-order valence-electron chi connectivity index (χ0n) is 11.3. The van der Waals surface area contributed by atoms with Crippen LogP contribution in [0.1, 0.15) is 32.1 Å². The largest absolute Gasteiger partial charge is 0.392 e. The summed E-state index contributed by atoms with van der Waals surface area (Å²) in [5.41, 5.74) is 0. The first-order valence-electron chi connectivity index (χ1n) is 6.95. The summed E-state index contributed by atoms with van der Waals surface area (Å²) in [4.78, 5) is 11.9. The first kappa shape index (κ1) is 17.8. The predicted molar refractivity (Wildman–Crippen MR) is 73.7 cm³/mol. The van der Waals surface area contributed by atoms with Crippen LogP contribution >= 0.6 is 15.9 Å². The Bertz CT molecular complexity index is 300. The Balaban J connectivity index is 2.33. The number of alkyl halides is 4. The van der Waals surface area contributed by atoms with Gasteiger partial charge in [0.1, 0.15) is 0 Å². The topological polar surface area (TPSA) is 38.3 Å². The number of halogens is 4. The molecule has 0 radical (unpaired) electrons. The van der Waals surface area contributed by atoms with Gasteiger partial charge in [-0.05, 0) is 19.3 Å². The highest BCUT2D eigenvalue weighted by Gasteiger charge is 2.47. The second-order valence-corrected chi connectivity index (χ2v) is 5.78. The van der Waals surface area contributed by atoms with Gasteiger partial charge in [-0.15, -0.1) is 0 Å². The van der Waals surface area contributed by atoms with E-state index in [-0.39, 0.29) is 6.42 Å².